The highest BCUT2D eigenvalue weighted by Gasteiger charge is 2.33. The Balaban J connectivity index is 1.70. The smallest absolute Gasteiger partial charge is 0.0695 e. The highest BCUT2D eigenvalue weighted by molar-refractivity contribution is 5.11. The van der Waals surface area contributed by atoms with Crippen molar-refractivity contribution in [1.29, 1.82) is 5.26 Å². The Morgan fingerprint density at radius 2 is 2.11 bits per heavy atom. The third kappa shape index (κ3) is 2.66. The molecule has 2 aliphatic rings. The summed E-state index contributed by atoms with van der Waals surface area (Å²) in [5.41, 5.74) is 0.808. The third-order valence-electron chi connectivity index (χ3n) is 4.57. The number of rotatable bonds is 3. The molecule has 0 bridgehead atoms. The zero-order chi connectivity index (χ0) is 13.1. The molecule has 0 unspecified atom stereocenters. The summed E-state index contributed by atoms with van der Waals surface area (Å²) in [5, 5.41) is 14.2. The van der Waals surface area contributed by atoms with Gasteiger partial charge < -0.3 is 4.74 Å². The van der Waals surface area contributed by atoms with Crippen molar-refractivity contribution >= 4 is 0 Å². The van der Waals surface area contributed by atoms with Crippen LogP contribution in [0.15, 0.2) is 12.3 Å². The van der Waals surface area contributed by atoms with Crippen LogP contribution in [0.5, 0.6) is 0 Å². The summed E-state index contributed by atoms with van der Waals surface area (Å²) in [4.78, 5) is 0. The average Bonchev–Trinajstić information content (AvgIpc) is 3.10. The number of ether oxygens (including phenoxy) is 1. The molecule has 0 spiro atoms. The molecule has 1 aromatic heterocycles. The van der Waals surface area contributed by atoms with Crippen molar-refractivity contribution in [3.63, 3.8) is 0 Å². The Morgan fingerprint density at radius 1 is 1.37 bits per heavy atom. The van der Waals surface area contributed by atoms with E-state index in [1.807, 2.05) is 0 Å². The van der Waals surface area contributed by atoms with Crippen LogP contribution in [0.25, 0.3) is 0 Å². The molecule has 19 heavy (non-hydrogen) atoms. The molecular weight excluding hydrogens is 238 g/mol. The Kier molecular flexibility index (Phi) is 3.56. The number of hydrogen-bond acceptors (Lipinski definition) is 3. The second kappa shape index (κ2) is 5.34. The lowest BCUT2D eigenvalue weighted by Crippen LogP contribution is -2.30. The molecule has 0 atom stereocenters. The summed E-state index contributed by atoms with van der Waals surface area (Å²) in [7, 11) is 0. The molecule has 4 heteroatoms. The fourth-order valence-corrected chi connectivity index (χ4v) is 3.28. The Bertz CT molecular complexity index is 462. The third-order valence-corrected chi connectivity index (χ3v) is 4.57. The molecular formula is C15H21N3O. The summed E-state index contributed by atoms with van der Waals surface area (Å²) in [6, 6.07) is 5.19. The minimum Gasteiger partial charge on any atom is -0.381 e. The van der Waals surface area contributed by atoms with Crippen LogP contribution in [0.3, 0.4) is 0 Å². The van der Waals surface area contributed by atoms with E-state index >= 15 is 0 Å². The lowest BCUT2D eigenvalue weighted by atomic mass is 9.78. The molecule has 1 aromatic rings. The molecule has 1 saturated heterocycles. The molecule has 1 saturated carbocycles. The predicted molar refractivity (Wildman–Crippen MR) is 71.5 cm³/mol. The van der Waals surface area contributed by atoms with Gasteiger partial charge in [-0.15, -0.1) is 0 Å². The summed E-state index contributed by atoms with van der Waals surface area (Å²) in [5.74, 6) is 0. The van der Waals surface area contributed by atoms with Gasteiger partial charge in [0.25, 0.3) is 0 Å². The molecule has 2 fully saturated rings. The van der Waals surface area contributed by atoms with Gasteiger partial charge in [-0.05, 0) is 31.7 Å². The van der Waals surface area contributed by atoms with Gasteiger partial charge in [0.1, 0.15) is 0 Å². The summed E-state index contributed by atoms with van der Waals surface area (Å²) in [6.07, 6.45) is 9.66. The molecule has 1 aliphatic carbocycles. The Labute approximate surface area is 114 Å². The normalized spacial score (nSPS) is 23.3. The number of nitriles is 1. The lowest BCUT2D eigenvalue weighted by molar-refractivity contribution is 0.0402. The fraction of sp³-hybridized carbons (Fsp3) is 0.733. The van der Waals surface area contributed by atoms with Gasteiger partial charge in [0.2, 0.25) is 0 Å². The second-order valence-corrected chi connectivity index (χ2v) is 5.91. The second-order valence-electron chi connectivity index (χ2n) is 5.91. The van der Waals surface area contributed by atoms with Crippen LogP contribution >= 0.6 is 0 Å². The van der Waals surface area contributed by atoms with Crippen LogP contribution in [0.4, 0.5) is 0 Å². The van der Waals surface area contributed by atoms with E-state index < -0.39 is 0 Å². The predicted octanol–water partition coefficient (Wildman–Crippen LogP) is 2.86. The molecule has 0 aromatic carbocycles. The van der Waals surface area contributed by atoms with Crippen molar-refractivity contribution in [2.75, 3.05) is 13.2 Å². The van der Waals surface area contributed by atoms with E-state index in [1.165, 1.54) is 25.7 Å². The molecule has 1 aliphatic heterocycles. The highest BCUT2D eigenvalue weighted by Crippen LogP contribution is 2.34. The maximum atomic E-state index is 9.48. The van der Waals surface area contributed by atoms with E-state index in [-0.39, 0.29) is 5.41 Å². The molecule has 4 nitrogen and oxygen atoms in total. The van der Waals surface area contributed by atoms with Gasteiger partial charge in [-0.2, -0.15) is 10.4 Å². The fourth-order valence-electron chi connectivity index (χ4n) is 3.28. The minimum atomic E-state index is -0.257. The summed E-state index contributed by atoms with van der Waals surface area (Å²) in [6.45, 7) is 1.41. The number of nitrogens with zero attached hydrogens (tertiary/aromatic N) is 3. The minimum absolute atomic E-state index is 0.257. The van der Waals surface area contributed by atoms with Gasteiger partial charge in [0.05, 0.1) is 23.2 Å². The van der Waals surface area contributed by atoms with Crippen molar-refractivity contribution < 1.29 is 4.74 Å². The largest absolute Gasteiger partial charge is 0.381 e. The van der Waals surface area contributed by atoms with Crippen LogP contribution < -0.4 is 0 Å². The maximum absolute atomic E-state index is 9.48. The average molecular weight is 259 g/mol. The highest BCUT2D eigenvalue weighted by atomic mass is 16.5. The van der Waals surface area contributed by atoms with E-state index in [9.17, 15) is 5.26 Å². The standard InChI is InChI=1S/C15H21N3O/c16-12-15(6-9-19-10-7-15)11-13-5-8-18(17-13)14-3-1-2-4-14/h5,8,14H,1-4,6-7,9-11H2. The van der Waals surface area contributed by atoms with Crippen LogP contribution in [0.2, 0.25) is 0 Å². The summed E-state index contributed by atoms with van der Waals surface area (Å²) < 4.78 is 7.49. The van der Waals surface area contributed by atoms with Gasteiger partial charge >= 0.3 is 0 Å². The van der Waals surface area contributed by atoms with E-state index in [0.717, 1.165) is 25.0 Å². The Hall–Kier alpha value is -1.34. The SMILES string of the molecule is N#CC1(Cc2ccn(C3CCCC3)n2)CCOCC1. The molecule has 0 amide bonds. The first-order valence-corrected chi connectivity index (χ1v) is 7.34. The van der Waals surface area contributed by atoms with Gasteiger partial charge in [-0.25, -0.2) is 0 Å². The van der Waals surface area contributed by atoms with E-state index in [0.29, 0.717) is 19.3 Å². The van der Waals surface area contributed by atoms with E-state index in [1.54, 1.807) is 0 Å². The van der Waals surface area contributed by atoms with Crippen molar-refractivity contribution in [1.82, 2.24) is 9.78 Å². The Morgan fingerprint density at radius 3 is 2.79 bits per heavy atom. The van der Waals surface area contributed by atoms with Gasteiger partial charge in [0, 0.05) is 25.8 Å². The van der Waals surface area contributed by atoms with Crippen molar-refractivity contribution in [3.05, 3.63) is 18.0 Å². The first kappa shape index (κ1) is 12.7. The molecule has 102 valence electrons. The first-order chi connectivity index (χ1) is 9.31. The lowest BCUT2D eigenvalue weighted by Gasteiger charge is -2.29. The van der Waals surface area contributed by atoms with Gasteiger partial charge in [-0.3, -0.25) is 4.68 Å². The van der Waals surface area contributed by atoms with Crippen molar-refractivity contribution in [2.24, 2.45) is 5.41 Å². The monoisotopic (exact) mass is 259 g/mol. The maximum Gasteiger partial charge on any atom is 0.0695 e. The zero-order valence-corrected chi connectivity index (χ0v) is 11.3. The van der Waals surface area contributed by atoms with Crippen LogP contribution in [0.1, 0.15) is 50.3 Å². The quantitative estimate of drug-likeness (QED) is 0.838. The molecule has 3 rings (SSSR count). The van der Waals surface area contributed by atoms with Crippen LogP contribution in [-0.4, -0.2) is 23.0 Å². The van der Waals surface area contributed by atoms with Crippen LogP contribution in [-0.2, 0) is 11.2 Å². The van der Waals surface area contributed by atoms with Crippen molar-refractivity contribution in [3.8, 4) is 6.07 Å². The summed E-state index contributed by atoms with van der Waals surface area (Å²) >= 11 is 0. The van der Waals surface area contributed by atoms with E-state index in [4.69, 9.17) is 9.84 Å². The topological polar surface area (TPSA) is 50.8 Å². The molecule has 2 heterocycles. The van der Waals surface area contributed by atoms with Gasteiger partial charge in [0.15, 0.2) is 0 Å². The van der Waals surface area contributed by atoms with Crippen LogP contribution in [0, 0.1) is 16.7 Å². The first-order valence-electron chi connectivity index (χ1n) is 7.34. The number of aromatic nitrogens is 2. The number of hydrogen-bond donors (Lipinski definition) is 0. The van der Waals surface area contributed by atoms with E-state index in [2.05, 4.69) is 23.0 Å². The zero-order valence-electron chi connectivity index (χ0n) is 11.3. The molecule has 0 radical (unpaired) electrons. The van der Waals surface area contributed by atoms with Gasteiger partial charge in [-0.1, -0.05) is 12.8 Å². The van der Waals surface area contributed by atoms with Crippen molar-refractivity contribution in [2.45, 2.75) is 51.0 Å². The molecule has 0 N–H and O–H groups in total.